The minimum absolute atomic E-state index is 0.125. The smallest absolute Gasteiger partial charge is 0.159 e. The van der Waals surface area contributed by atoms with Crippen molar-refractivity contribution in [2.45, 2.75) is 93.9 Å². The molecule has 1 aliphatic carbocycles. The summed E-state index contributed by atoms with van der Waals surface area (Å²) >= 11 is 0. The molecule has 0 aliphatic heterocycles. The third kappa shape index (κ3) is 8.21. The highest BCUT2D eigenvalue weighted by Crippen LogP contribution is 2.53. The van der Waals surface area contributed by atoms with Gasteiger partial charge in [0.2, 0.25) is 0 Å². The van der Waals surface area contributed by atoms with Crippen LogP contribution in [0, 0.1) is 24.2 Å². The fraction of sp³-hybridized carbons (Fsp3) is 0.708. The molecule has 144 valence electrons. The molecule has 1 heteroatoms. The Labute approximate surface area is 157 Å². The zero-order valence-corrected chi connectivity index (χ0v) is 18.1. The van der Waals surface area contributed by atoms with Crippen LogP contribution in [0.4, 0.5) is 0 Å². The second-order valence-corrected chi connectivity index (χ2v) is 8.06. The van der Waals surface area contributed by atoms with Gasteiger partial charge in [-0.05, 0) is 50.4 Å². The second-order valence-electron chi connectivity index (χ2n) is 8.06. The van der Waals surface area contributed by atoms with Crippen molar-refractivity contribution in [1.82, 2.24) is 0 Å². The number of carbonyl (C=O) groups excluding carboxylic acids is 1. The van der Waals surface area contributed by atoms with Gasteiger partial charge >= 0.3 is 0 Å². The van der Waals surface area contributed by atoms with E-state index in [0.717, 1.165) is 17.4 Å². The van der Waals surface area contributed by atoms with E-state index in [1.165, 1.54) is 44.1 Å². The second kappa shape index (κ2) is 12.3. The van der Waals surface area contributed by atoms with E-state index >= 15 is 0 Å². The molecule has 1 fully saturated rings. The molecule has 0 amide bonds. The van der Waals surface area contributed by atoms with Crippen molar-refractivity contribution in [3.63, 3.8) is 0 Å². The number of ketones is 1. The van der Waals surface area contributed by atoms with Crippen molar-refractivity contribution < 1.29 is 4.79 Å². The number of aryl methyl sites for hydroxylation is 1. The van der Waals surface area contributed by atoms with Crippen molar-refractivity contribution in [3.05, 3.63) is 35.4 Å². The Balaban J connectivity index is 0.000000403. The van der Waals surface area contributed by atoms with Crippen molar-refractivity contribution in [2.24, 2.45) is 17.3 Å². The topological polar surface area (TPSA) is 17.1 Å². The van der Waals surface area contributed by atoms with Gasteiger partial charge in [0.05, 0.1) is 0 Å². The molecule has 0 heterocycles. The fourth-order valence-electron chi connectivity index (χ4n) is 3.73. The van der Waals surface area contributed by atoms with Gasteiger partial charge in [0.25, 0.3) is 0 Å². The SMILES string of the molecule is CC(=O)c1ccc(C)cc1.CCC.CCCC1(C)CCC1[C@@H](C)CC. The summed E-state index contributed by atoms with van der Waals surface area (Å²) in [4.78, 5) is 10.8. The molecule has 0 spiro atoms. The molecule has 0 bridgehead atoms. The first-order valence-corrected chi connectivity index (χ1v) is 10.3. The van der Waals surface area contributed by atoms with E-state index in [0.29, 0.717) is 5.41 Å². The van der Waals surface area contributed by atoms with Crippen LogP contribution in [0.5, 0.6) is 0 Å². The molecule has 1 aliphatic rings. The van der Waals surface area contributed by atoms with Crippen LogP contribution in [-0.2, 0) is 0 Å². The van der Waals surface area contributed by atoms with Gasteiger partial charge in [0, 0.05) is 5.56 Å². The molecule has 0 N–H and O–H groups in total. The van der Waals surface area contributed by atoms with Gasteiger partial charge in [-0.25, -0.2) is 0 Å². The van der Waals surface area contributed by atoms with E-state index in [1.807, 2.05) is 31.2 Å². The lowest BCUT2D eigenvalue weighted by atomic mass is 9.55. The van der Waals surface area contributed by atoms with Crippen LogP contribution >= 0.6 is 0 Å². The highest BCUT2D eigenvalue weighted by atomic mass is 16.1. The van der Waals surface area contributed by atoms with Crippen molar-refractivity contribution in [3.8, 4) is 0 Å². The van der Waals surface area contributed by atoms with Crippen molar-refractivity contribution in [2.75, 3.05) is 0 Å². The molecule has 2 unspecified atom stereocenters. The summed E-state index contributed by atoms with van der Waals surface area (Å²) in [6.07, 6.45) is 8.40. The lowest BCUT2D eigenvalue weighted by Gasteiger charge is -2.50. The number of rotatable bonds is 5. The highest BCUT2D eigenvalue weighted by molar-refractivity contribution is 5.93. The average Bonchev–Trinajstić information content (AvgIpc) is 2.55. The summed E-state index contributed by atoms with van der Waals surface area (Å²) in [5.41, 5.74) is 2.68. The minimum Gasteiger partial charge on any atom is -0.295 e. The molecule has 3 atom stereocenters. The van der Waals surface area contributed by atoms with Gasteiger partial charge in [0.15, 0.2) is 5.78 Å². The van der Waals surface area contributed by atoms with Gasteiger partial charge in [-0.1, -0.05) is 90.6 Å². The Hall–Kier alpha value is -1.11. The van der Waals surface area contributed by atoms with E-state index < -0.39 is 0 Å². The third-order valence-corrected chi connectivity index (χ3v) is 5.53. The summed E-state index contributed by atoms with van der Waals surface area (Å²) in [6, 6.07) is 7.57. The summed E-state index contributed by atoms with van der Waals surface area (Å²) < 4.78 is 0. The number of hydrogen-bond acceptors (Lipinski definition) is 1. The van der Waals surface area contributed by atoms with Crippen molar-refractivity contribution >= 4 is 5.78 Å². The van der Waals surface area contributed by atoms with E-state index in [1.54, 1.807) is 6.92 Å². The lowest BCUT2D eigenvalue weighted by molar-refractivity contribution is -0.00163. The van der Waals surface area contributed by atoms with Crippen molar-refractivity contribution in [1.29, 1.82) is 0 Å². The normalized spacial score (nSPS) is 22.5. The molecule has 1 saturated carbocycles. The Morgan fingerprint density at radius 1 is 1.16 bits per heavy atom. The molecule has 25 heavy (non-hydrogen) atoms. The predicted molar refractivity (Wildman–Crippen MR) is 112 cm³/mol. The van der Waals surface area contributed by atoms with Crippen LogP contribution in [0.1, 0.15) is 103 Å². The molecule has 0 radical (unpaired) electrons. The fourth-order valence-corrected chi connectivity index (χ4v) is 3.73. The third-order valence-electron chi connectivity index (χ3n) is 5.53. The monoisotopic (exact) mass is 346 g/mol. The predicted octanol–water partition coefficient (Wildman–Crippen LogP) is 7.86. The number of benzene rings is 1. The summed E-state index contributed by atoms with van der Waals surface area (Å²) in [5, 5.41) is 0. The Morgan fingerprint density at radius 3 is 2.00 bits per heavy atom. The first-order chi connectivity index (χ1) is 11.7. The molecule has 0 saturated heterocycles. The maximum atomic E-state index is 10.8. The van der Waals surface area contributed by atoms with Crippen LogP contribution < -0.4 is 0 Å². The molecule has 1 nitrogen and oxygen atoms in total. The van der Waals surface area contributed by atoms with Crippen LogP contribution in [0.2, 0.25) is 0 Å². The number of hydrogen-bond donors (Lipinski definition) is 0. The van der Waals surface area contributed by atoms with E-state index in [4.69, 9.17) is 0 Å². The van der Waals surface area contributed by atoms with Gasteiger partial charge in [-0.15, -0.1) is 0 Å². The number of carbonyl (C=O) groups is 1. The van der Waals surface area contributed by atoms with E-state index in [-0.39, 0.29) is 5.78 Å². The molecule has 0 aromatic heterocycles. The molecule has 1 aromatic carbocycles. The average molecular weight is 347 g/mol. The van der Waals surface area contributed by atoms with E-state index in [9.17, 15) is 4.79 Å². The largest absolute Gasteiger partial charge is 0.295 e. The van der Waals surface area contributed by atoms with Crippen LogP contribution in [0.3, 0.4) is 0 Å². The lowest BCUT2D eigenvalue weighted by Crippen LogP contribution is -2.41. The summed E-state index contributed by atoms with van der Waals surface area (Å²) in [7, 11) is 0. The molecule has 1 aromatic rings. The van der Waals surface area contributed by atoms with Gasteiger partial charge in [-0.2, -0.15) is 0 Å². The van der Waals surface area contributed by atoms with Crippen LogP contribution in [0.15, 0.2) is 24.3 Å². The Morgan fingerprint density at radius 2 is 1.68 bits per heavy atom. The Kier molecular flexibility index (Phi) is 11.7. The van der Waals surface area contributed by atoms with Crippen LogP contribution in [0.25, 0.3) is 0 Å². The minimum atomic E-state index is 0.125. The van der Waals surface area contributed by atoms with Crippen LogP contribution in [-0.4, -0.2) is 5.78 Å². The molecule has 2 rings (SSSR count). The standard InChI is InChI=1S/C12H24.C9H10O.C3H8/c1-5-8-12(4)9-7-11(12)10(3)6-2;1-7-3-5-9(6-4-7)8(2)10;1-3-2/h10-11H,5-9H2,1-4H3;3-6H,1-2H3;3H2,1-2H3/t10-,11?,12?;;/m0../s1. The Bertz CT molecular complexity index is 473. The van der Waals surface area contributed by atoms with Gasteiger partial charge < -0.3 is 0 Å². The summed E-state index contributed by atoms with van der Waals surface area (Å²) in [5.74, 6) is 2.11. The maximum Gasteiger partial charge on any atom is 0.159 e. The van der Waals surface area contributed by atoms with Gasteiger partial charge in [-0.3, -0.25) is 4.79 Å². The first-order valence-electron chi connectivity index (χ1n) is 10.3. The highest BCUT2D eigenvalue weighted by Gasteiger charge is 2.43. The zero-order chi connectivity index (χ0) is 19.5. The molecular weight excluding hydrogens is 304 g/mol. The quantitative estimate of drug-likeness (QED) is 0.496. The first kappa shape index (κ1) is 23.9. The summed E-state index contributed by atoms with van der Waals surface area (Å²) in [6.45, 7) is 17.4. The van der Waals surface area contributed by atoms with Gasteiger partial charge in [0.1, 0.15) is 0 Å². The molecular formula is C24H42O. The zero-order valence-electron chi connectivity index (χ0n) is 18.1. The number of Topliss-reactive ketones (excluding diaryl/α,β-unsaturated/α-hetero) is 1. The maximum absolute atomic E-state index is 10.8. The van der Waals surface area contributed by atoms with E-state index in [2.05, 4.69) is 41.5 Å².